The van der Waals surface area contributed by atoms with Crippen LogP contribution in [0, 0.1) is 4.91 Å². The van der Waals surface area contributed by atoms with Crippen molar-refractivity contribution in [1.82, 2.24) is 4.98 Å². The van der Waals surface area contributed by atoms with Crippen LogP contribution in [-0.4, -0.2) is 18.0 Å². The summed E-state index contributed by atoms with van der Waals surface area (Å²) in [5, 5.41) is 5.48. The predicted octanol–water partition coefficient (Wildman–Crippen LogP) is 2.74. The number of carbonyl (C=O) groups is 1. The molecule has 0 saturated heterocycles. The van der Waals surface area contributed by atoms with Crippen LogP contribution in [0.15, 0.2) is 47.9 Å². The number of ether oxygens (including phenoxy) is 1. The Balaban J connectivity index is 2.31. The first-order valence-corrected chi connectivity index (χ1v) is 5.48. The van der Waals surface area contributed by atoms with Gasteiger partial charge >= 0.3 is 0 Å². The van der Waals surface area contributed by atoms with Gasteiger partial charge in [-0.25, -0.2) is 0 Å². The summed E-state index contributed by atoms with van der Waals surface area (Å²) < 4.78 is 4.99. The number of hydrogen-bond donors (Lipinski definition) is 1. The lowest BCUT2D eigenvalue weighted by atomic mass is 10.1. The molecule has 0 saturated carbocycles. The van der Waals surface area contributed by atoms with Crippen molar-refractivity contribution in [2.45, 2.75) is 0 Å². The Morgan fingerprint density at radius 3 is 2.79 bits per heavy atom. The lowest BCUT2D eigenvalue weighted by Gasteiger charge is -2.08. The van der Waals surface area contributed by atoms with E-state index >= 15 is 0 Å². The summed E-state index contributed by atoms with van der Waals surface area (Å²) in [5.41, 5.74) is 0.664. The van der Waals surface area contributed by atoms with Crippen molar-refractivity contribution in [2.24, 2.45) is 5.18 Å². The number of rotatable bonds is 4. The number of hydrogen-bond acceptors (Lipinski definition) is 5. The van der Waals surface area contributed by atoms with Crippen molar-refractivity contribution in [3.05, 3.63) is 53.2 Å². The van der Waals surface area contributed by atoms with Crippen molar-refractivity contribution in [1.29, 1.82) is 0 Å². The number of pyridine rings is 1. The fraction of sp³-hybridized carbons (Fsp3) is 0.0769. The van der Waals surface area contributed by atoms with Gasteiger partial charge in [0.05, 0.1) is 24.6 Å². The fourth-order valence-electron chi connectivity index (χ4n) is 1.60. The molecule has 0 aliphatic heterocycles. The number of amides is 1. The molecule has 19 heavy (non-hydrogen) atoms. The van der Waals surface area contributed by atoms with Crippen molar-refractivity contribution < 1.29 is 9.53 Å². The smallest absolute Gasteiger partial charge is 0.258 e. The van der Waals surface area contributed by atoms with E-state index in [1.807, 2.05) is 0 Å². The molecule has 0 aliphatic rings. The molecule has 2 aromatic rings. The molecular formula is C13H11N3O3. The second-order valence-corrected chi connectivity index (χ2v) is 3.64. The van der Waals surface area contributed by atoms with Crippen LogP contribution >= 0.6 is 0 Å². The minimum Gasteiger partial charge on any atom is -0.494 e. The van der Waals surface area contributed by atoms with E-state index in [1.165, 1.54) is 19.4 Å². The summed E-state index contributed by atoms with van der Waals surface area (Å²) in [6.07, 6.45) is 3.10. The van der Waals surface area contributed by atoms with Crippen LogP contribution in [0.3, 0.4) is 0 Å². The van der Waals surface area contributed by atoms with Gasteiger partial charge in [-0.05, 0) is 29.4 Å². The minimum absolute atomic E-state index is 0.0219. The second kappa shape index (κ2) is 5.72. The number of nitrogens with zero attached hydrogens (tertiary/aromatic N) is 2. The van der Waals surface area contributed by atoms with Gasteiger partial charge in [-0.15, -0.1) is 4.91 Å². The van der Waals surface area contributed by atoms with Gasteiger partial charge in [-0.1, -0.05) is 6.07 Å². The minimum atomic E-state index is -0.443. The number of anilines is 1. The van der Waals surface area contributed by atoms with Crippen molar-refractivity contribution >= 4 is 17.3 Å². The summed E-state index contributed by atoms with van der Waals surface area (Å²) >= 11 is 0. The number of nitroso groups, excluding NO2 is 1. The Morgan fingerprint density at radius 2 is 2.16 bits per heavy atom. The molecule has 0 atom stereocenters. The van der Waals surface area contributed by atoms with E-state index in [0.29, 0.717) is 5.69 Å². The van der Waals surface area contributed by atoms with Crippen LogP contribution < -0.4 is 10.1 Å². The zero-order valence-corrected chi connectivity index (χ0v) is 10.2. The zero-order valence-electron chi connectivity index (χ0n) is 10.2. The number of benzene rings is 1. The normalized spacial score (nSPS) is 9.74. The van der Waals surface area contributed by atoms with Gasteiger partial charge in [0.15, 0.2) is 5.69 Å². The Bertz CT molecular complexity index is 599. The highest BCUT2D eigenvalue weighted by molar-refractivity contribution is 6.08. The highest BCUT2D eigenvalue weighted by Gasteiger charge is 2.16. The van der Waals surface area contributed by atoms with Crippen LogP contribution in [0.5, 0.6) is 5.75 Å². The molecule has 0 radical (unpaired) electrons. The molecule has 0 aliphatic carbocycles. The maximum Gasteiger partial charge on any atom is 0.258 e. The van der Waals surface area contributed by atoms with Crippen molar-refractivity contribution in [3.63, 3.8) is 0 Å². The molecule has 0 bridgehead atoms. The van der Waals surface area contributed by atoms with E-state index in [1.54, 1.807) is 30.5 Å². The standard InChI is InChI=1S/C13H11N3O3/c1-19-11-6-2-5-10(12(11)16-18)13(17)15-9-4-3-7-14-8-9/h2-8H,1H3,(H,15,17). The summed E-state index contributed by atoms with van der Waals surface area (Å²) in [6.45, 7) is 0. The van der Waals surface area contributed by atoms with Gasteiger partial charge in [0, 0.05) is 6.20 Å². The Morgan fingerprint density at radius 1 is 1.32 bits per heavy atom. The summed E-state index contributed by atoms with van der Waals surface area (Å²) in [5.74, 6) is -0.185. The molecule has 1 heterocycles. The van der Waals surface area contributed by atoms with Gasteiger partial charge in [0.25, 0.3) is 5.91 Å². The molecular weight excluding hydrogens is 246 g/mol. The number of aromatic nitrogens is 1. The van der Waals surface area contributed by atoms with Gasteiger partial charge < -0.3 is 10.1 Å². The maximum absolute atomic E-state index is 12.1. The molecule has 96 valence electrons. The number of carbonyl (C=O) groups excluding carboxylic acids is 1. The monoisotopic (exact) mass is 257 g/mol. The van der Waals surface area contributed by atoms with Gasteiger partial charge in [0.1, 0.15) is 5.75 Å². The summed E-state index contributed by atoms with van der Waals surface area (Å²) in [7, 11) is 1.41. The molecule has 0 fully saturated rings. The molecule has 2 rings (SSSR count). The van der Waals surface area contributed by atoms with E-state index < -0.39 is 5.91 Å². The SMILES string of the molecule is COc1cccc(C(=O)Nc2cccnc2)c1N=O. The Kier molecular flexibility index (Phi) is 3.82. The average molecular weight is 257 g/mol. The lowest BCUT2D eigenvalue weighted by Crippen LogP contribution is -2.12. The van der Waals surface area contributed by atoms with Crippen LogP contribution in [-0.2, 0) is 0 Å². The van der Waals surface area contributed by atoms with Crippen LogP contribution in [0.1, 0.15) is 10.4 Å². The van der Waals surface area contributed by atoms with Gasteiger partial charge in [0.2, 0.25) is 0 Å². The van der Waals surface area contributed by atoms with E-state index in [-0.39, 0.29) is 17.0 Å². The fourth-order valence-corrected chi connectivity index (χ4v) is 1.60. The Labute approximate surface area is 109 Å². The molecule has 1 N–H and O–H groups in total. The largest absolute Gasteiger partial charge is 0.494 e. The van der Waals surface area contributed by atoms with Crippen molar-refractivity contribution in [2.75, 3.05) is 12.4 Å². The van der Waals surface area contributed by atoms with E-state index in [9.17, 15) is 9.70 Å². The average Bonchev–Trinajstić information content (AvgIpc) is 2.47. The van der Waals surface area contributed by atoms with E-state index in [0.717, 1.165) is 0 Å². The third kappa shape index (κ3) is 2.74. The second-order valence-electron chi connectivity index (χ2n) is 3.64. The molecule has 1 aromatic carbocycles. The van der Waals surface area contributed by atoms with E-state index in [2.05, 4.69) is 15.5 Å². The maximum atomic E-state index is 12.1. The molecule has 0 spiro atoms. The molecule has 1 aromatic heterocycles. The Hall–Kier alpha value is -2.76. The topological polar surface area (TPSA) is 80.7 Å². The molecule has 1 amide bonds. The van der Waals surface area contributed by atoms with Crippen LogP contribution in [0.25, 0.3) is 0 Å². The summed E-state index contributed by atoms with van der Waals surface area (Å²) in [6, 6.07) is 8.08. The number of nitrogens with one attached hydrogen (secondary N) is 1. The first kappa shape index (κ1) is 12.7. The molecule has 0 unspecified atom stereocenters. The van der Waals surface area contributed by atoms with Gasteiger partial charge in [-0.2, -0.15) is 0 Å². The third-order valence-corrected chi connectivity index (χ3v) is 2.47. The first-order chi connectivity index (χ1) is 9.26. The van der Waals surface area contributed by atoms with Crippen LogP contribution in [0.4, 0.5) is 11.4 Å². The lowest BCUT2D eigenvalue weighted by molar-refractivity contribution is 0.102. The van der Waals surface area contributed by atoms with Crippen LogP contribution in [0.2, 0.25) is 0 Å². The summed E-state index contributed by atoms with van der Waals surface area (Å²) in [4.78, 5) is 26.8. The highest BCUT2D eigenvalue weighted by atomic mass is 16.5. The zero-order chi connectivity index (χ0) is 13.7. The van der Waals surface area contributed by atoms with E-state index in [4.69, 9.17) is 4.74 Å². The molecule has 6 nitrogen and oxygen atoms in total. The number of methoxy groups -OCH3 is 1. The highest BCUT2D eigenvalue weighted by Crippen LogP contribution is 2.31. The first-order valence-electron chi connectivity index (χ1n) is 5.48. The van der Waals surface area contributed by atoms with Crippen molar-refractivity contribution in [3.8, 4) is 5.75 Å². The van der Waals surface area contributed by atoms with Gasteiger partial charge in [-0.3, -0.25) is 9.78 Å². The molecule has 6 heteroatoms. The quantitative estimate of drug-likeness (QED) is 0.854. The predicted molar refractivity (Wildman–Crippen MR) is 70.6 cm³/mol. The third-order valence-electron chi connectivity index (χ3n) is 2.47.